The van der Waals surface area contributed by atoms with Gasteiger partial charge in [-0.15, -0.1) is 0 Å². The van der Waals surface area contributed by atoms with E-state index in [9.17, 15) is 63.9 Å². The Bertz CT molecular complexity index is 4120. The minimum Gasteiger partial charge on any atom is -0.458 e. The molecule has 2 heterocycles. The summed E-state index contributed by atoms with van der Waals surface area (Å²) in [6.07, 6.45) is -16.2. The minimum atomic E-state index is -3.50. The third-order valence-electron chi connectivity index (χ3n) is 25.2. The second-order valence-electron chi connectivity index (χ2n) is 32.9. The number of benzene rings is 4. The summed E-state index contributed by atoms with van der Waals surface area (Å²) >= 11 is 0. The van der Waals surface area contributed by atoms with E-state index in [2.05, 4.69) is 45.0 Å². The number of ether oxygens (including phenoxy) is 10. The summed E-state index contributed by atoms with van der Waals surface area (Å²) < 4.78 is 69.3. The lowest BCUT2D eigenvalue weighted by Gasteiger charge is -2.70. The Labute approximate surface area is 624 Å². The highest BCUT2D eigenvalue weighted by Gasteiger charge is 2.81. The Balaban J connectivity index is 0.000000224. The van der Waals surface area contributed by atoms with Gasteiger partial charge in [-0.05, 0) is 75.8 Å². The van der Waals surface area contributed by atoms with Crippen LogP contribution in [0.4, 0.5) is 0 Å². The van der Waals surface area contributed by atoms with Gasteiger partial charge in [-0.25, -0.2) is 9.59 Å². The largest absolute Gasteiger partial charge is 0.458 e. The van der Waals surface area contributed by atoms with Gasteiger partial charge in [-0.1, -0.05) is 159 Å². The lowest BCUT2D eigenvalue weighted by atomic mass is 9.44. The zero-order chi connectivity index (χ0) is 78.5. The molecule has 2 aliphatic heterocycles. The molecule has 20 atom stereocenters. The Morgan fingerprint density at radius 2 is 0.794 bits per heavy atom. The maximum absolute atomic E-state index is 14.6. The maximum atomic E-state index is 14.6. The average Bonchev–Trinajstić information content (AvgIpc) is 0.671. The second-order valence-corrected chi connectivity index (χ2v) is 37.1. The van der Waals surface area contributed by atoms with Crippen molar-refractivity contribution in [2.45, 2.75) is 244 Å². The molecule has 4 bridgehead atoms. The molecule has 0 unspecified atom stereocenters. The van der Waals surface area contributed by atoms with Crippen LogP contribution in [0.1, 0.15) is 164 Å². The van der Waals surface area contributed by atoms with E-state index in [0.717, 1.165) is 10.4 Å². The maximum Gasteiger partial charge on any atom is 0.338 e. The molecule has 107 heavy (non-hydrogen) atoms. The van der Waals surface area contributed by atoms with Gasteiger partial charge in [0.1, 0.15) is 60.0 Å². The Kier molecular flexibility index (Phi) is 21.5. The van der Waals surface area contributed by atoms with Gasteiger partial charge in [0, 0.05) is 88.9 Å². The van der Waals surface area contributed by atoms with Crippen LogP contribution in [0.15, 0.2) is 144 Å². The molecule has 4 aromatic rings. The normalized spacial score (nSPS) is 35.7. The molecule has 0 spiro atoms. The van der Waals surface area contributed by atoms with Crippen molar-refractivity contribution in [3.8, 4) is 0 Å². The molecule has 6 aliphatic carbocycles. The first-order valence-corrected chi connectivity index (χ1v) is 38.4. The summed E-state index contributed by atoms with van der Waals surface area (Å²) in [6.45, 7) is 26.9. The van der Waals surface area contributed by atoms with E-state index in [1.807, 2.05) is 36.4 Å². The van der Waals surface area contributed by atoms with Crippen molar-refractivity contribution < 1.29 is 116 Å². The summed E-state index contributed by atoms with van der Waals surface area (Å²) in [6, 6.07) is 36.4. The fourth-order valence-electron chi connectivity index (χ4n) is 20.0. The highest BCUT2D eigenvalue weighted by Crippen LogP contribution is 2.69. The lowest BCUT2D eigenvalue weighted by Crippen LogP contribution is -2.83. The molecule has 24 nitrogen and oxygen atoms in total. The van der Waals surface area contributed by atoms with Crippen molar-refractivity contribution in [2.75, 3.05) is 13.2 Å². The average molecular weight is 1500 g/mol. The second kappa shape index (κ2) is 28.8. The monoisotopic (exact) mass is 1500 g/mol. The highest BCUT2D eigenvalue weighted by atomic mass is 28.4. The number of carbonyl (C=O) groups excluding carboxylic acids is 8. The molecule has 4 aromatic carbocycles. The zero-order valence-corrected chi connectivity index (χ0v) is 64.9. The smallest absolute Gasteiger partial charge is 0.338 e. The van der Waals surface area contributed by atoms with Gasteiger partial charge < -0.3 is 77.3 Å². The predicted molar refractivity (Wildman–Crippen MR) is 387 cm³/mol. The molecule has 0 radical (unpaired) electrons. The molecule has 8 aliphatic rings. The predicted octanol–water partition coefficient (Wildman–Crippen LogP) is 7.61. The number of esters is 8. The van der Waals surface area contributed by atoms with E-state index in [1.54, 1.807) is 104 Å². The number of hydrogen-bond donors (Lipinski definition) is 5. The number of carbonyl (C=O) groups is 8. The quantitative estimate of drug-likeness (QED) is 0.0351. The first-order valence-electron chi connectivity index (χ1n) is 36.5. The van der Waals surface area contributed by atoms with Crippen LogP contribution in [0.25, 0.3) is 0 Å². The Morgan fingerprint density at radius 1 is 0.458 bits per heavy atom. The van der Waals surface area contributed by atoms with E-state index in [4.69, 9.17) is 51.8 Å². The minimum absolute atomic E-state index is 0.0700. The first kappa shape index (κ1) is 80.0. The topological polar surface area (TPSA) is 339 Å². The van der Waals surface area contributed by atoms with Gasteiger partial charge >= 0.3 is 47.8 Å². The summed E-state index contributed by atoms with van der Waals surface area (Å²) in [5.41, 5.74) is -11.9. The van der Waals surface area contributed by atoms with Crippen LogP contribution >= 0.6 is 0 Å². The van der Waals surface area contributed by atoms with E-state index < -0.39 is 190 Å². The van der Waals surface area contributed by atoms with E-state index >= 15 is 0 Å². The van der Waals surface area contributed by atoms with Crippen molar-refractivity contribution in [3.63, 3.8) is 0 Å². The van der Waals surface area contributed by atoms with Crippen LogP contribution in [0.3, 0.4) is 0 Å². The third kappa shape index (κ3) is 13.0. The molecule has 578 valence electrons. The fourth-order valence-corrected chi connectivity index (χ4v) is 24.8. The SMILES string of the molecule is CC(=O)O[C@H]1C[C@@]2(O)[C@@H](OC(=O)c3ccccc3)[C@@H]3[C@]4(OC(C)=O)CO[C@@H]4C[C@H](O)[C@@]3(C)[C@@H](O)[C@H](OC(C)=O)C(=C1C)C2(C)C.CC(=O)O[C@H]1C[C@@]2(O)[C@@H](OC(=O)c3ccccc3)[C@@H]3[C@]4(OC(C)=O)CO[C@@H]4C[C@H](O[Si](c4ccccc4)(c4ccccc4)C(C)(C)C)[C@@]3(C)[C@@H](O)[C@H](OC(C)=O)C(=C1C)C2(C)C. The molecule has 12 rings (SSSR count). The first-order chi connectivity index (χ1) is 50.0. The molecule has 5 N–H and O–H groups in total. The van der Waals surface area contributed by atoms with Gasteiger partial charge in [-0.2, -0.15) is 0 Å². The molecule has 6 fully saturated rings. The van der Waals surface area contributed by atoms with Crippen molar-refractivity contribution in [1.82, 2.24) is 0 Å². The number of aliphatic hydroxyl groups is 5. The van der Waals surface area contributed by atoms with Crippen molar-refractivity contribution in [3.05, 3.63) is 155 Å². The van der Waals surface area contributed by atoms with Crippen molar-refractivity contribution in [1.29, 1.82) is 0 Å². The molecular weight excluding hydrogens is 1400 g/mol. The van der Waals surface area contributed by atoms with Gasteiger partial charge in [0.25, 0.3) is 8.32 Å². The fraction of sp³-hybridized carbons (Fsp3) is 0.561. The van der Waals surface area contributed by atoms with Gasteiger partial charge in [-0.3, -0.25) is 28.8 Å². The third-order valence-corrected chi connectivity index (χ3v) is 30.2. The van der Waals surface area contributed by atoms with E-state index in [-0.39, 0.29) is 55.6 Å². The number of aliphatic hydroxyl groups excluding tert-OH is 3. The van der Waals surface area contributed by atoms with E-state index in [0.29, 0.717) is 16.7 Å². The van der Waals surface area contributed by atoms with E-state index in [1.165, 1.54) is 53.7 Å². The van der Waals surface area contributed by atoms with Crippen molar-refractivity contribution in [2.24, 2.45) is 33.5 Å². The molecular formula is C82H102O24Si. The lowest BCUT2D eigenvalue weighted by molar-refractivity contribution is -0.365. The summed E-state index contributed by atoms with van der Waals surface area (Å²) in [5.74, 6) is -8.29. The van der Waals surface area contributed by atoms with Crippen molar-refractivity contribution >= 4 is 66.4 Å². The van der Waals surface area contributed by atoms with Gasteiger partial charge in [0.05, 0.1) is 48.4 Å². The van der Waals surface area contributed by atoms with Crippen LogP contribution in [-0.2, 0) is 80.6 Å². The molecule has 25 heteroatoms. The summed E-state index contributed by atoms with van der Waals surface area (Å²) in [4.78, 5) is 106. The molecule has 2 saturated heterocycles. The van der Waals surface area contributed by atoms with Crippen LogP contribution < -0.4 is 10.4 Å². The van der Waals surface area contributed by atoms with Crippen LogP contribution in [0, 0.1) is 33.5 Å². The molecule has 0 amide bonds. The van der Waals surface area contributed by atoms with Crippen LogP contribution in [0.2, 0.25) is 5.04 Å². The molecule has 0 aromatic heterocycles. The zero-order valence-electron chi connectivity index (χ0n) is 63.9. The standard InChI is InChI=1S/C49H60O12Si.C33H42O12/c1-29-36(57-30(2)50)27-49(55)43(59-44(54)33-20-14-11-15-21-33)41-47(10,42(53)40(58-31(3)51)39(29)46(49,8)9)37(26-38-48(41,28-56-38)60-32(4)52)61-62(45(5,6)7,34-22-16-12-17-23-34)35-24-18-13-19-25-35;1-16-21(42-17(2)34)14-33(40)28(44-29(39)20-11-9-8-10-12-20)26-31(7,22(37)13-23-32(26,15-41-23)45-19(4)36)27(38)25(43-18(3)35)24(16)30(33,5)6/h11-25,36-38,40-43,53,55H,26-28H2,1-10H3;8-12,21-23,25-28,37-38,40H,13-15H2,1-7H3/t36-,37-,38+,40+,41-,42-,43-,47+,48-,49+;21-,22-,23+,25+,26-,27-,28-,31+,32-,33+/m00/s1. The number of rotatable bonds is 14. The van der Waals surface area contributed by atoms with Gasteiger partial charge in [0.2, 0.25) is 0 Å². The number of fused-ring (bicyclic) bond motifs is 10. The Hall–Kier alpha value is -7.98. The van der Waals surface area contributed by atoms with Crippen LogP contribution in [-0.4, -0.2) is 190 Å². The van der Waals surface area contributed by atoms with Crippen LogP contribution in [0.5, 0.6) is 0 Å². The summed E-state index contributed by atoms with van der Waals surface area (Å²) in [5, 5.41) is 66.3. The number of hydrogen-bond acceptors (Lipinski definition) is 24. The molecule has 4 saturated carbocycles. The van der Waals surface area contributed by atoms with Gasteiger partial charge in [0.15, 0.2) is 23.4 Å². The highest BCUT2D eigenvalue weighted by molar-refractivity contribution is 6.99. The summed E-state index contributed by atoms with van der Waals surface area (Å²) in [7, 11) is -3.50. The Morgan fingerprint density at radius 3 is 1.12 bits per heavy atom.